The lowest BCUT2D eigenvalue weighted by Gasteiger charge is -2.16. The maximum absolute atomic E-state index is 12.8. The number of hydrogen-bond donors (Lipinski definition) is 2. The van der Waals surface area contributed by atoms with Crippen LogP contribution in [0.15, 0.2) is 76.8 Å². The van der Waals surface area contributed by atoms with Gasteiger partial charge in [-0.25, -0.2) is 8.42 Å². The van der Waals surface area contributed by atoms with Crippen LogP contribution in [0.5, 0.6) is 11.5 Å². The van der Waals surface area contributed by atoms with Gasteiger partial charge in [-0.3, -0.25) is 9.78 Å². The molecule has 0 saturated heterocycles. The molecule has 1 unspecified atom stereocenters. The Morgan fingerprint density at radius 3 is 2.48 bits per heavy atom. The largest absolute Gasteiger partial charge is 0.507 e. The second-order valence-corrected chi connectivity index (χ2v) is 9.15. The van der Waals surface area contributed by atoms with Gasteiger partial charge in [-0.05, 0) is 54.3 Å². The van der Waals surface area contributed by atoms with Crippen LogP contribution in [0.4, 0.5) is 0 Å². The molecule has 8 heteroatoms. The summed E-state index contributed by atoms with van der Waals surface area (Å²) in [5.41, 5.74) is 1.05. The normalized spacial score (nSPS) is 12.2. The minimum absolute atomic E-state index is 0.0476. The van der Waals surface area contributed by atoms with Gasteiger partial charge in [0.25, 0.3) is 5.91 Å². The minimum Gasteiger partial charge on any atom is -0.507 e. The number of hydrogen-bond acceptors (Lipinski definition) is 6. The monoisotopic (exact) mass is 440 g/mol. The molecular weight excluding hydrogens is 416 g/mol. The van der Waals surface area contributed by atoms with Crippen LogP contribution in [-0.2, 0) is 16.3 Å². The van der Waals surface area contributed by atoms with Gasteiger partial charge < -0.3 is 15.2 Å². The SMILES string of the molecule is COc1cc(S(=O)(=O)c2ccncc2)ccc1CC(C)CNC(=O)c1ccccc1O. The van der Waals surface area contributed by atoms with Crippen LogP contribution >= 0.6 is 0 Å². The van der Waals surface area contributed by atoms with Crippen molar-refractivity contribution in [3.63, 3.8) is 0 Å². The highest BCUT2D eigenvalue weighted by Gasteiger charge is 2.20. The Morgan fingerprint density at radius 1 is 1.10 bits per heavy atom. The van der Waals surface area contributed by atoms with E-state index in [1.54, 1.807) is 30.3 Å². The Bertz CT molecular complexity index is 1160. The highest BCUT2D eigenvalue weighted by atomic mass is 32.2. The predicted octanol–water partition coefficient (Wildman–Crippen LogP) is 3.24. The van der Waals surface area contributed by atoms with Gasteiger partial charge in [0.15, 0.2) is 0 Å². The van der Waals surface area contributed by atoms with E-state index in [1.165, 1.54) is 43.8 Å². The van der Waals surface area contributed by atoms with Crippen LogP contribution in [0.25, 0.3) is 0 Å². The molecule has 1 amide bonds. The van der Waals surface area contributed by atoms with Crippen LogP contribution in [0.2, 0.25) is 0 Å². The number of nitrogens with zero attached hydrogens (tertiary/aromatic N) is 1. The average molecular weight is 441 g/mol. The second kappa shape index (κ2) is 9.61. The number of pyridine rings is 1. The Morgan fingerprint density at radius 2 is 1.81 bits per heavy atom. The molecule has 2 N–H and O–H groups in total. The molecule has 3 rings (SSSR count). The van der Waals surface area contributed by atoms with E-state index in [4.69, 9.17) is 4.74 Å². The van der Waals surface area contributed by atoms with Gasteiger partial charge in [0.05, 0.1) is 22.5 Å². The molecule has 31 heavy (non-hydrogen) atoms. The van der Waals surface area contributed by atoms with E-state index < -0.39 is 9.84 Å². The molecule has 0 aliphatic carbocycles. The summed E-state index contributed by atoms with van der Waals surface area (Å²) in [6, 6.07) is 14.1. The zero-order valence-electron chi connectivity index (χ0n) is 17.3. The summed E-state index contributed by atoms with van der Waals surface area (Å²) >= 11 is 0. The second-order valence-electron chi connectivity index (χ2n) is 7.20. The number of carbonyl (C=O) groups excluding carboxylic acids is 1. The van der Waals surface area contributed by atoms with E-state index >= 15 is 0 Å². The number of rotatable bonds is 8. The van der Waals surface area contributed by atoms with Crippen LogP contribution in [0, 0.1) is 5.92 Å². The Hall–Kier alpha value is -3.39. The Kier molecular flexibility index (Phi) is 6.91. The van der Waals surface area contributed by atoms with Crippen LogP contribution in [-0.4, -0.2) is 38.1 Å². The molecule has 0 aliphatic rings. The molecule has 0 radical (unpaired) electrons. The molecule has 162 valence electrons. The van der Waals surface area contributed by atoms with Crippen molar-refractivity contribution in [2.75, 3.05) is 13.7 Å². The van der Waals surface area contributed by atoms with Crippen molar-refractivity contribution < 1.29 is 23.1 Å². The molecule has 0 saturated carbocycles. The third kappa shape index (κ3) is 5.21. The molecule has 0 spiro atoms. The highest BCUT2D eigenvalue weighted by Crippen LogP contribution is 2.28. The summed E-state index contributed by atoms with van der Waals surface area (Å²) in [6.45, 7) is 2.35. The van der Waals surface area contributed by atoms with Gasteiger partial charge in [-0.1, -0.05) is 25.1 Å². The van der Waals surface area contributed by atoms with Gasteiger partial charge in [-0.2, -0.15) is 0 Å². The first-order valence-electron chi connectivity index (χ1n) is 9.71. The lowest BCUT2D eigenvalue weighted by atomic mass is 10.00. The zero-order valence-corrected chi connectivity index (χ0v) is 18.1. The standard InChI is InChI=1S/C23H24N2O5S/c1-16(15-25-23(27)20-5-3-4-6-21(20)26)13-17-7-8-19(14-22(17)30-2)31(28,29)18-9-11-24-12-10-18/h3-12,14,16,26H,13,15H2,1-2H3,(H,25,27). The first-order chi connectivity index (χ1) is 14.8. The summed E-state index contributed by atoms with van der Waals surface area (Å²) in [5.74, 6) is 0.0939. The molecule has 0 fully saturated rings. The van der Waals surface area contributed by atoms with E-state index in [1.807, 2.05) is 6.92 Å². The summed E-state index contributed by atoms with van der Waals surface area (Å²) in [7, 11) is -2.18. The first kappa shape index (κ1) is 22.3. The van der Waals surface area contributed by atoms with E-state index in [0.29, 0.717) is 18.7 Å². The molecule has 2 aromatic carbocycles. The van der Waals surface area contributed by atoms with Gasteiger partial charge >= 0.3 is 0 Å². The van der Waals surface area contributed by atoms with E-state index in [-0.39, 0.29) is 32.9 Å². The van der Waals surface area contributed by atoms with E-state index in [2.05, 4.69) is 10.3 Å². The number of carbonyl (C=O) groups is 1. The number of phenols is 1. The first-order valence-corrected chi connectivity index (χ1v) is 11.2. The van der Waals surface area contributed by atoms with Crippen LogP contribution in [0.3, 0.4) is 0 Å². The minimum atomic E-state index is -3.67. The summed E-state index contributed by atoms with van der Waals surface area (Å²) in [6.07, 6.45) is 3.44. The smallest absolute Gasteiger partial charge is 0.255 e. The van der Waals surface area contributed by atoms with Gasteiger partial charge in [0.2, 0.25) is 9.84 Å². The fourth-order valence-corrected chi connectivity index (χ4v) is 4.45. The summed E-state index contributed by atoms with van der Waals surface area (Å²) < 4.78 is 31.1. The van der Waals surface area contributed by atoms with Crippen molar-refractivity contribution in [3.8, 4) is 11.5 Å². The van der Waals surface area contributed by atoms with Crippen molar-refractivity contribution in [1.29, 1.82) is 0 Å². The van der Waals surface area contributed by atoms with Crippen molar-refractivity contribution in [1.82, 2.24) is 10.3 Å². The molecule has 1 aromatic heterocycles. The van der Waals surface area contributed by atoms with Gasteiger partial charge in [0.1, 0.15) is 11.5 Å². The fourth-order valence-electron chi connectivity index (χ4n) is 3.19. The van der Waals surface area contributed by atoms with E-state index in [9.17, 15) is 18.3 Å². The number of ether oxygens (including phenoxy) is 1. The number of aromatic nitrogens is 1. The number of sulfone groups is 1. The molecule has 0 bridgehead atoms. The average Bonchev–Trinajstić information content (AvgIpc) is 2.78. The number of nitrogens with one attached hydrogen (secondary N) is 1. The van der Waals surface area contributed by atoms with Crippen LogP contribution < -0.4 is 10.1 Å². The van der Waals surface area contributed by atoms with Crippen molar-refractivity contribution in [3.05, 3.63) is 78.1 Å². The lowest BCUT2D eigenvalue weighted by Crippen LogP contribution is -2.29. The van der Waals surface area contributed by atoms with Crippen molar-refractivity contribution in [2.24, 2.45) is 5.92 Å². The third-order valence-corrected chi connectivity index (χ3v) is 6.62. The predicted molar refractivity (Wildman–Crippen MR) is 116 cm³/mol. The molecule has 0 aliphatic heterocycles. The zero-order chi connectivity index (χ0) is 22.4. The molecule has 7 nitrogen and oxygen atoms in total. The van der Waals surface area contributed by atoms with Crippen molar-refractivity contribution >= 4 is 15.7 Å². The van der Waals surface area contributed by atoms with Gasteiger partial charge in [0, 0.05) is 18.9 Å². The highest BCUT2D eigenvalue weighted by molar-refractivity contribution is 7.91. The Balaban J connectivity index is 1.70. The summed E-state index contributed by atoms with van der Waals surface area (Å²) in [5, 5.41) is 12.6. The number of para-hydroxylation sites is 1. The summed E-state index contributed by atoms with van der Waals surface area (Å²) in [4.78, 5) is 16.4. The number of aromatic hydroxyl groups is 1. The number of methoxy groups -OCH3 is 1. The van der Waals surface area contributed by atoms with Gasteiger partial charge in [-0.15, -0.1) is 0 Å². The number of phenolic OH excluding ortho intramolecular Hbond substituents is 1. The number of amides is 1. The lowest BCUT2D eigenvalue weighted by molar-refractivity contribution is 0.0945. The molecular formula is C23H24N2O5S. The maximum Gasteiger partial charge on any atom is 0.255 e. The molecule has 1 atom stereocenters. The number of benzene rings is 2. The van der Waals surface area contributed by atoms with Crippen LogP contribution in [0.1, 0.15) is 22.8 Å². The van der Waals surface area contributed by atoms with E-state index in [0.717, 1.165) is 5.56 Å². The topological polar surface area (TPSA) is 106 Å². The maximum atomic E-state index is 12.8. The molecule has 3 aromatic rings. The third-order valence-electron chi connectivity index (χ3n) is 4.86. The van der Waals surface area contributed by atoms with Crippen molar-refractivity contribution in [2.45, 2.75) is 23.1 Å². The quantitative estimate of drug-likeness (QED) is 0.557. The fraction of sp³-hybridized carbons (Fsp3) is 0.217. The molecule has 1 heterocycles. The Labute approximate surface area is 181 Å².